The zero-order chi connectivity index (χ0) is 40.6. The highest BCUT2D eigenvalue weighted by Crippen LogP contribution is 2.35. The van der Waals surface area contributed by atoms with Gasteiger partial charge >= 0.3 is 18.0 Å². The standard InChI is InChI=1S/C42H66Cl3NO10/c1-3-5-7-9-11-13-15-17-22-26-32(53-34(47)27-23-18-16-14-12-10-8-6-4-2)28-35(48)55-38-36(46-41(50)52-30-42(43,44)45)39(49)54-33-29-51-40(56-37(33)38)31-24-20-19-21-25-31/h19-21,24-25,32-33,36-40,49H,3-18,22-23,26-30H2,1-2H3,(H,46,50)/t32-,33?,36?,37-,38-,39?,40?/m1/s1. The van der Waals surface area contributed by atoms with Crippen LogP contribution in [0.5, 0.6) is 0 Å². The minimum atomic E-state index is -1.88. The number of aliphatic hydroxyl groups is 1. The van der Waals surface area contributed by atoms with Crippen LogP contribution in [0.2, 0.25) is 0 Å². The predicted octanol–water partition coefficient (Wildman–Crippen LogP) is 10.3. The molecule has 1 amide bonds. The lowest BCUT2D eigenvalue weighted by atomic mass is 9.95. The Morgan fingerprint density at radius 3 is 1.96 bits per heavy atom. The van der Waals surface area contributed by atoms with E-state index in [0.29, 0.717) is 12.0 Å². The van der Waals surface area contributed by atoms with Crippen LogP contribution in [0.1, 0.15) is 161 Å². The van der Waals surface area contributed by atoms with E-state index in [-0.39, 0.29) is 25.4 Å². The maximum absolute atomic E-state index is 13.8. The van der Waals surface area contributed by atoms with Crippen molar-refractivity contribution in [3.63, 3.8) is 0 Å². The topological polar surface area (TPSA) is 139 Å². The molecule has 56 heavy (non-hydrogen) atoms. The van der Waals surface area contributed by atoms with Gasteiger partial charge in [0.15, 0.2) is 18.7 Å². The molecule has 0 saturated carbocycles. The lowest BCUT2D eigenvalue weighted by Gasteiger charge is -2.47. The van der Waals surface area contributed by atoms with Crippen LogP contribution in [0.15, 0.2) is 30.3 Å². The first-order chi connectivity index (χ1) is 27.0. The fourth-order valence-electron chi connectivity index (χ4n) is 7.08. The Bertz CT molecular complexity index is 1240. The number of fused-ring (bicyclic) bond motifs is 1. The average molecular weight is 851 g/mol. The number of alkyl halides is 3. The van der Waals surface area contributed by atoms with E-state index in [1.54, 1.807) is 0 Å². The van der Waals surface area contributed by atoms with E-state index >= 15 is 0 Å². The van der Waals surface area contributed by atoms with E-state index in [0.717, 1.165) is 51.4 Å². The van der Waals surface area contributed by atoms with Gasteiger partial charge in [0.25, 0.3) is 0 Å². The van der Waals surface area contributed by atoms with Crippen LogP contribution in [0, 0.1) is 0 Å². The van der Waals surface area contributed by atoms with Gasteiger partial charge in [-0.3, -0.25) is 9.59 Å². The van der Waals surface area contributed by atoms with Gasteiger partial charge in [-0.05, 0) is 19.3 Å². The number of unbranched alkanes of at least 4 members (excludes halogenated alkanes) is 16. The number of hydrogen-bond acceptors (Lipinski definition) is 10. The zero-order valence-corrected chi connectivity index (χ0v) is 35.7. The molecule has 0 spiro atoms. The highest BCUT2D eigenvalue weighted by atomic mass is 35.6. The van der Waals surface area contributed by atoms with Crippen molar-refractivity contribution in [1.82, 2.24) is 5.32 Å². The van der Waals surface area contributed by atoms with Crippen LogP contribution in [0.25, 0.3) is 0 Å². The number of halogens is 3. The average Bonchev–Trinajstić information content (AvgIpc) is 3.17. The van der Waals surface area contributed by atoms with Crippen molar-refractivity contribution in [2.45, 2.75) is 196 Å². The number of esters is 2. The normalized spacial score (nSPS) is 22.8. The van der Waals surface area contributed by atoms with Gasteiger partial charge in [-0.15, -0.1) is 0 Å². The summed E-state index contributed by atoms with van der Waals surface area (Å²) in [4.78, 5) is 39.6. The second-order valence-corrected chi connectivity index (χ2v) is 17.6. The summed E-state index contributed by atoms with van der Waals surface area (Å²) in [5.74, 6) is -1.02. The van der Waals surface area contributed by atoms with Crippen LogP contribution >= 0.6 is 34.8 Å². The van der Waals surface area contributed by atoms with Crippen molar-refractivity contribution in [2.24, 2.45) is 0 Å². The highest BCUT2D eigenvalue weighted by molar-refractivity contribution is 6.67. The van der Waals surface area contributed by atoms with E-state index in [1.165, 1.54) is 64.2 Å². The molecule has 0 radical (unpaired) electrons. The van der Waals surface area contributed by atoms with Gasteiger partial charge < -0.3 is 38.8 Å². The molecule has 11 nitrogen and oxygen atoms in total. The first-order valence-corrected chi connectivity index (χ1v) is 22.2. The van der Waals surface area contributed by atoms with Crippen molar-refractivity contribution >= 4 is 52.8 Å². The van der Waals surface area contributed by atoms with Gasteiger partial charge in [0.05, 0.1) is 13.0 Å². The second-order valence-electron chi connectivity index (χ2n) is 15.1. The molecule has 7 atom stereocenters. The van der Waals surface area contributed by atoms with Gasteiger partial charge in [0.1, 0.15) is 31.0 Å². The maximum atomic E-state index is 13.8. The summed E-state index contributed by atoms with van der Waals surface area (Å²) in [6, 6.07) is 7.85. The Morgan fingerprint density at radius 2 is 1.38 bits per heavy atom. The first kappa shape index (κ1) is 48.5. The Balaban J connectivity index is 1.66. The number of aliphatic hydroxyl groups excluding tert-OH is 1. The molecule has 2 aliphatic rings. The Morgan fingerprint density at radius 1 is 0.804 bits per heavy atom. The van der Waals surface area contributed by atoms with E-state index < -0.39 is 65.5 Å². The number of carbonyl (C=O) groups is 3. The number of carbonyl (C=O) groups excluding carboxylic acids is 3. The van der Waals surface area contributed by atoms with E-state index in [2.05, 4.69) is 19.2 Å². The van der Waals surface area contributed by atoms with Gasteiger partial charge in [0, 0.05) is 12.0 Å². The molecular weight excluding hydrogens is 785 g/mol. The molecule has 3 rings (SSSR count). The number of benzene rings is 1. The van der Waals surface area contributed by atoms with Crippen molar-refractivity contribution in [1.29, 1.82) is 0 Å². The molecule has 2 heterocycles. The monoisotopic (exact) mass is 849 g/mol. The molecular formula is C42H66Cl3NO10. The van der Waals surface area contributed by atoms with Crippen LogP contribution in [-0.2, 0) is 38.0 Å². The number of nitrogens with one attached hydrogen (secondary N) is 1. The molecule has 0 bridgehead atoms. The molecule has 320 valence electrons. The zero-order valence-electron chi connectivity index (χ0n) is 33.4. The minimum Gasteiger partial charge on any atom is -0.462 e. The Labute approximate surface area is 349 Å². The summed E-state index contributed by atoms with van der Waals surface area (Å²) in [5, 5.41) is 13.5. The lowest BCUT2D eigenvalue weighted by molar-refractivity contribution is -0.338. The molecule has 2 aliphatic heterocycles. The smallest absolute Gasteiger partial charge is 0.407 e. The molecule has 1 aromatic carbocycles. The predicted molar refractivity (Wildman–Crippen MR) is 218 cm³/mol. The third-order valence-corrected chi connectivity index (χ3v) is 10.5. The quantitative estimate of drug-likeness (QED) is 0.0381. The Kier molecular flexibility index (Phi) is 24.0. The summed E-state index contributed by atoms with van der Waals surface area (Å²) in [7, 11) is 0. The molecule has 0 aromatic heterocycles. The SMILES string of the molecule is CCCCCCCCCCCC(=O)O[C@H](CCCCCCCCCCC)CC(=O)O[C@@H]1C(NC(=O)OCC(Cl)(Cl)Cl)C(O)OC2COC(c3ccccc3)O[C@H]21. The molecule has 2 N–H and O–H groups in total. The van der Waals surface area contributed by atoms with Crippen LogP contribution in [0.4, 0.5) is 4.79 Å². The number of amides is 1. The summed E-state index contributed by atoms with van der Waals surface area (Å²) in [5.41, 5.74) is 0.716. The minimum absolute atomic E-state index is 0.0114. The van der Waals surface area contributed by atoms with Crippen LogP contribution in [0.3, 0.4) is 0 Å². The summed E-state index contributed by atoms with van der Waals surface area (Å²) < 4.78 is 33.1. The van der Waals surface area contributed by atoms with E-state index in [4.69, 9.17) is 63.2 Å². The summed E-state index contributed by atoms with van der Waals surface area (Å²) >= 11 is 17.3. The molecule has 2 fully saturated rings. The lowest BCUT2D eigenvalue weighted by Crippen LogP contribution is -2.67. The number of rotatable bonds is 27. The molecule has 1 aromatic rings. The summed E-state index contributed by atoms with van der Waals surface area (Å²) in [6.07, 6.45) is 13.6. The fraction of sp³-hybridized carbons (Fsp3) is 0.786. The summed E-state index contributed by atoms with van der Waals surface area (Å²) in [6.45, 7) is 3.86. The fourth-order valence-corrected chi connectivity index (χ4v) is 7.25. The van der Waals surface area contributed by atoms with Gasteiger partial charge in [-0.1, -0.05) is 182 Å². The maximum Gasteiger partial charge on any atom is 0.407 e. The molecule has 14 heteroatoms. The van der Waals surface area contributed by atoms with Crippen molar-refractivity contribution in [3.05, 3.63) is 35.9 Å². The molecule has 2 saturated heterocycles. The van der Waals surface area contributed by atoms with Crippen molar-refractivity contribution < 1.29 is 47.9 Å². The van der Waals surface area contributed by atoms with Crippen LogP contribution < -0.4 is 5.32 Å². The number of ether oxygens (including phenoxy) is 6. The second kappa shape index (κ2) is 27.8. The van der Waals surface area contributed by atoms with E-state index in [9.17, 15) is 19.5 Å². The molecule has 0 aliphatic carbocycles. The van der Waals surface area contributed by atoms with Crippen molar-refractivity contribution in [3.8, 4) is 0 Å². The first-order valence-electron chi connectivity index (χ1n) is 21.0. The Hall–Kier alpha value is -1.86. The van der Waals surface area contributed by atoms with Gasteiger partial charge in [0.2, 0.25) is 3.79 Å². The van der Waals surface area contributed by atoms with Gasteiger partial charge in [-0.2, -0.15) is 0 Å². The van der Waals surface area contributed by atoms with Crippen molar-refractivity contribution in [2.75, 3.05) is 13.2 Å². The van der Waals surface area contributed by atoms with Gasteiger partial charge in [-0.25, -0.2) is 4.79 Å². The number of hydrogen-bond donors (Lipinski definition) is 2. The third kappa shape index (κ3) is 19.7. The van der Waals surface area contributed by atoms with E-state index in [1.807, 2.05) is 30.3 Å². The van der Waals surface area contributed by atoms with Crippen LogP contribution in [-0.4, -0.2) is 76.9 Å². The number of alkyl carbamates (subject to hydrolysis) is 1. The highest BCUT2D eigenvalue weighted by Gasteiger charge is 2.52. The molecule has 4 unspecified atom stereocenters. The largest absolute Gasteiger partial charge is 0.462 e. The third-order valence-electron chi connectivity index (χ3n) is 10.2.